The molecule has 1 amide bonds. The van der Waals surface area contributed by atoms with Crippen molar-refractivity contribution < 1.29 is 13.6 Å². The Morgan fingerprint density at radius 2 is 1.92 bits per heavy atom. The highest BCUT2D eigenvalue weighted by Gasteiger charge is 2.27. The molecule has 132 valence electrons. The Morgan fingerprint density at radius 1 is 1.15 bits per heavy atom. The van der Waals surface area contributed by atoms with Crippen LogP contribution in [0.5, 0.6) is 0 Å². The molecule has 0 unspecified atom stereocenters. The van der Waals surface area contributed by atoms with Gasteiger partial charge in [0.25, 0.3) is 5.91 Å². The molecule has 0 atom stereocenters. The Kier molecular flexibility index (Phi) is 4.20. The molecule has 0 bridgehead atoms. The van der Waals surface area contributed by atoms with Crippen LogP contribution >= 0.6 is 11.6 Å². The quantitative estimate of drug-likeness (QED) is 0.731. The van der Waals surface area contributed by atoms with Gasteiger partial charge < -0.3 is 4.90 Å². The van der Waals surface area contributed by atoms with Gasteiger partial charge in [0.05, 0.1) is 11.3 Å². The van der Waals surface area contributed by atoms with E-state index < -0.39 is 17.5 Å². The molecule has 1 aromatic heterocycles. The van der Waals surface area contributed by atoms with Crippen LogP contribution in [0, 0.1) is 11.6 Å². The van der Waals surface area contributed by atoms with Crippen molar-refractivity contribution in [1.29, 1.82) is 0 Å². The molecule has 4 nitrogen and oxygen atoms in total. The molecule has 1 N–H and O–H groups in total. The van der Waals surface area contributed by atoms with E-state index in [9.17, 15) is 13.6 Å². The van der Waals surface area contributed by atoms with Crippen LogP contribution in [0.1, 0.15) is 21.6 Å². The summed E-state index contributed by atoms with van der Waals surface area (Å²) >= 11 is 5.93. The molecule has 0 spiro atoms. The Bertz CT molecular complexity index is 985. The van der Waals surface area contributed by atoms with Gasteiger partial charge in [-0.15, -0.1) is 0 Å². The fourth-order valence-corrected chi connectivity index (χ4v) is 3.27. The molecule has 1 aliphatic heterocycles. The SMILES string of the molecule is O=C(c1ccc(F)cc1F)N1CCc2[nH]nc(-c3ccc(Cl)cc3)c2C1. The van der Waals surface area contributed by atoms with Crippen molar-refractivity contribution in [2.24, 2.45) is 0 Å². The van der Waals surface area contributed by atoms with Gasteiger partial charge in [-0.2, -0.15) is 5.10 Å². The molecule has 4 rings (SSSR count). The standard InChI is InChI=1S/C19H14ClF2N3O/c20-12-3-1-11(2-4-12)18-15-10-25(8-7-17(15)23-24-18)19(26)14-6-5-13(21)9-16(14)22/h1-6,9H,7-8,10H2,(H,23,24). The fourth-order valence-electron chi connectivity index (χ4n) is 3.15. The molecule has 0 aliphatic carbocycles. The van der Waals surface area contributed by atoms with Crippen LogP contribution in [0.3, 0.4) is 0 Å². The first kappa shape index (κ1) is 16.7. The van der Waals surface area contributed by atoms with Crippen molar-refractivity contribution in [3.63, 3.8) is 0 Å². The van der Waals surface area contributed by atoms with Crippen molar-refractivity contribution in [2.45, 2.75) is 13.0 Å². The number of fused-ring (bicyclic) bond motifs is 1. The predicted molar refractivity (Wildman–Crippen MR) is 93.8 cm³/mol. The largest absolute Gasteiger partial charge is 0.334 e. The average molecular weight is 374 g/mol. The molecule has 0 radical (unpaired) electrons. The molecule has 1 aliphatic rings. The lowest BCUT2D eigenvalue weighted by Crippen LogP contribution is -2.36. The van der Waals surface area contributed by atoms with Gasteiger partial charge in [0, 0.05) is 47.4 Å². The van der Waals surface area contributed by atoms with Crippen LogP contribution in [0.15, 0.2) is 42.5 Å². The maximum absolute atomic E-state index is 14.0. The number of hydrogen-bond acceptors (Lipinski definition) is 2. The molecular formula is C19H14ClF2N3O. The van der Waals surface area contributed by atoms with Crippen LogP contribution in [0.2, 0.25) is 5.02 Å². The highest BCUT2D eigenvalue weighted by atomic mass is 35.5. The molecule has 26 heavy (non-hydrogen) atoms. The smallest absolute Gasteiger partial charge is 0.257 e. The van der Waals surface area contributed by atoms with E-state index in [2.05, 4.69) is 10.2 Å². The van der Waals surface area contributed by atoms with Gasteiger partial charge in [0.15, 0.2) is 0 Å². The molecule has 0 fully saturated rings. The number of nitrogens with one attached hydrogen (secondary N) is 1. The van der Waals surface area contributed by atoms with Gasteiger partial charge in [-0.3, -0.25) is 9.89 Å². The predicted octanol–water partition coefficient (Wildman–Crippen LogP) is 4.21. The molecule has 0 saturated heterocycles. The Balaban J connectivity index is 1.64. The summed E-state index contributed by atoms with van der Waals surface area (Å²) in [4.78, 5) is 14.2. The minimum Gasteiger partial charge on any atom is -0.334 e. The van der Waals surface area contributed by atoms with E-state index in [0.29, 0.717) is 24.5 Å². The number of hydrogen-bond donors (Lipinski definition) is 1. The number of benzene rings is 2. The third kappa shape index (κ3) is 2.97. The summed E-state index contributed by atoms with van der Waals surface area (Å²) in [5, 5.41) is 8.00. The number of rotatable bonds is 2. The number of aromatic amines is 1. The van der Waals surface area contributed by atoms with Crippen molar-refractivity contribution in [3.8, 4) is 11.3 Å². The summed E-state index contributed by atoms with van der Waals surface area (Å²) in [5.74, 6) is -2.03. The van der Waals surface area contributed by atoms with Gasteiger partial charge in [-0.05, 0) is 24.3 Å². The fraction of sp³-hybridized carbons (Fsp3) is 0.158. The van der Waals surface area contributed by atoms with Crippen LogP contribution in [-0.2, 0) is 13.0 Å². The first-order chi connectivity index (χ1) is 12.5. The van der Waals surface area contributed by atoms with Crippen LogP contribution < -0.4 is 0 Å². The highest BCUT2D eigenvalue weighted by molar-refractivity contribution is 6.30. The zero-order valence-corrected chi connectivity index (χ0v) is 14.4. The lowest BCUT2D eigenvalue weighted by atomic mass is 10.0. The number of halogens is 3. The summed E-state index contributed by atoms with van der Waals surface area (Å²) in [6.07, 6.45) is 0.588. The molecule has 7 heteroatoms. The number of amides is 1. The number of carbonyl (C=O) groups excluding carboxylic acids is 1. The van der Waals surface area contributed by atoms with Crippen LogP contribution in [0.25, 0.3) is 11.3 Å². The highest BCUT2D eigenvalue weighted by Crippen LogP contribution is 2.30. The lowest BCUT2D eigenvalue weighted by molar-refractivity contribution is 0.0730. The zero-order chi connectivity index (χ0) is 18.3. The van der Waals surface area contributed by atoms with Crippen LogP contribution in [0.4, 0.5) is 8.78 Å². The second-order valence-electron chi connectivity index (χ2n) is 6.14. The second-order valence-corrected chi connectivity index (χ2v) is 6.57. The first-order valence-corrected chi connectivity index (χ1v) is 8.47. The van der Waals surface area contributed by atoms with E-state index in [1.165, 1.54) is 6.07 Å². The molecule has 2 heterocycles. The topological polar surface area (TPSA) is 49.0 Å². The van der Waals surface area contributed by atoms with E-state index in [4.69, 9.17) is 11.6 Å². The van der Waals surface area contributed by atoms with E-state index in [-0.39, 0.29) is 5.56 Å². The van der Waals surface area contributed by atoms with E-state index >= 15 is 0 Å². The monoisotopic (exact) mass is 373 g/mol. The number of H-pyrrole nitrogens is 1. The van der Waals surface area contributed by atoms with Crippen molar-refractivity contribution in [2.75, 3.05) is 6.54 Å². The van der Waals surface area contributed by atoms with Crippen molar-refractivity contribution in [1.82, 2.24) is 15.1 Å². The summed E-state index contributed by atoms with van der Waals surface area (Å²) in [7, 11) is 0. The maximum atomic E-state index is 14.0. The van der Waals surface area contributed by atoms with E-state index in [1.807, 2.05) is 12.1 Å². The number of aromatic nitrogens is 2. The maximum Gasteiger partial charge on any atom is 0.257 e. The Labute approximate surface area is 153 Å². The summed E-state index contributed by atoms with van der Waals surface area (Å²) in [6, 6.07) is 10.3. The van der Waals surface area contributed by atoms with Gasteiger partial charge in [0.1, 0.15) is 11.6 Å². The van der Waals surface area contributed by atoms with Crippen molar-refractivity contribution >= 4 is 17.5 Å². The number of carbonyl (C=O) groups is 1. The normalized spacial score (nSPS) is 13.6. The van der Waals surface area contributed by atoms with E-state index in [1.54, 1.807) is 17.0 Å². The van der Waals surface area contributed by atoms with Gasteiger partial charge in [-0.1, -0.05) is 23.7 Å². The van der Waals surface area contributed by atoms with Crippen LogP contribution in [-0.4, -0.2) is 27.5 Å². The minimum atomic E-state index is -0.856. The Morgan fingerprint density at radius 3 is 2.65 bits per heavy atom. The van der Waals surface area contributed by atoms with Gasteiger partial charge in [-0.25, -0.2) is 8.78 Å². The second kappa shape index (κ2) is 6.53. The summed E-state index contributed by atoms with van der Waals surface area (Å²) < 4.78 is 27.0. The first-order valence-electron chi connectivity index (χ1n) is 8.09. The van der Waals surface area contributed by atoms with Gasteiger partial charge in [0.2, 0.25) is 0 Å². The minimum absolute atomic E-state index is 0.133. The lowest BCUT2D eigenvalue weighted by Gasteiger charge is -2.27. The third-order valence-corrected chi connectivity index (χ3v) is 4.75. The summed E-state index contributed by atoms with van der Waals surface area (Å²) in [5.41, 5.74) is 3.35. The van der Waals surface area contributed by atoms with Gasteiger partial charge >= 0.3 is 0 Å². The third-order valence-electron chi connectivity index (χ3n) is 4.50. The number of nitrogens with zero attached hydrogens (tertiary/aromatic N) is 2. The molecular weight excluding hydrogens is 360 g/mol. The zero-order valence-electron chi connectivity index (χ0n) is 13.6. The average Bonchev–Trinajstić information content (AvgIpc) is 3.05. The molecule has 2 aromatic carbocycles. The summed E-state index contributed by atoms with van der Waals surface area (Å²) in [6.45, 7) is 0.740. The Hall–Kier alpha value is -2.73. The molecule has 3 aromatic rings. The van der Waals surface area contributed by atoms with E-state index in [0.717, 1.165) is 34.6 Å². The van der Waals surface area contributed by atoms with Crippen molar-refractivity contribution in [3.05, 3.63) is 75.9 Å². The molecule has 0 saturated carbocycles.